The Morgan fingerprint density at radius 3 is 2.65 bits per heavy atom. The second-order valence-electron chi connectivity index (χ2n) is 5.20. The lowest BCUT2D eigenvalue weighted by Crippen LogP contribution is -2.08. The van der Waals surface area contributed by atoms with Gasteiger partial charge in [-0.1, -0.05) is 36.7 Å². The number of nitrogens with one attached hydrogen (secondary N) is 1. The fourth-order valence-corrected chi connectivity index (χ4v) is 2.14. The van der Waals surface area contributed by atoms with Crippen molar-refractivity contribution in [2.24, 2.45) is 0 Å². The van der Waals surface area contributed by atoms with Gasteiger partial charge in [-0.3, -0.25) is 4.79 Å². The van der Waals surface area contributed by atoms with E-state index in [-0.39, 0.29) is 5.91 Å². The first-order chi connectivity index (χ1) is 11.1. The minimum Gasteiger partial charge on any atom is -0.494 e. The number of hydrogen-bond acceptors (Lipinski definition) is 2. The first-order valence-corrected chi connectivity index (χ1v) is 7.94. The van der Waals surface area contributed by atoms with Crippen LogP contribution in [-0.2, 0) is 4.79 Å². The largest absolute Gasteiger partial charge is 0.494 e. The molecule has 0 aliphatic rings. The van der Waals surface area contributed by atoms with Crippen LogP contribution in [0.5, 0.6) is 5.75 Å². The summed E-state index contributed by atoms with van der Waals surface area (Å²) in [5.74, 6) is 0.643. The normalized spacial score (nSPS) is 10.7. The van der Waals surface area contributed by atoms with Gasteiger partial charge in [-0.05, 0) is 54.8 Å². The molecule has 4 heteroatoms. The first kappa shape index (κ1) is 17.1. The number of aryl methyl sites for hydroxylation is 1. The standard InChI is InChI=1S/C19H20ClNO2/c1-3-12-23-17-9-5-15(6-10-17)7-11-19(22)21-18-13-16(20)8-4-14(18)2/h4-11,13H,3,12H2,1-2H3,(H,21,22). The minimum atomic E-state index is -0.193. The molecule has 0 radical (unpaired) electrons. The molecule has 0 saturated heterocycles. The van der Waals surface area contributed by atoms with Crippen molar-refractivity contribution in [3.8, 4) is 5.75 Å². The van der Waals surface area contributed by atoms with E-state index in [0.717, 1.165) is 29.0 Å². The van der Waals surface area contributed by atoms with Crippen LogP contribution in [0, 0.1) is 6.92 Å². The van der Waals surface area contributed by atoms with Crippen molar-refractivity contribution in [2.45, 2.75) is 20.3 Å². The number of carbonyl (C=O) groups is 1. The number of benzene rings is 2. The van der Waals surface area contributed by atoms with Gasteiger partial charge in [-0.25, -0.2) is 0 Å². The van der Waals surface area contributed by atoms with Gasteiger partial charge in [0.25, 0.3) is 0 Å². The maximum Gasteiger partial charge on any atom is 0.248 e. The summed E-state index contributed by atoms with van der Waals surface area (Å²) in [6, 6.07) is 13.0. The van der Waals surface area contributed by atoms with Crippen molar-refractivity contribution >= 4 is 29.3 Å². The lowest BCUT2D eigenvalue weighted by Gasteiger charge is -2.06. The number of anilines is 1. The van der Waals surface area contributed by atoms with Crippen molar-refractivity contribution in [3.05, 3.63) is 64.7 Å². The van der Waals surface area contributed by atoms with Crippen molar-refractivity contribution in [3.63, 3.8) is 0 Å². The molecule has 2 aromatic carbocycles. The molecule has 120 valence electrons. The zero-order chi connectivity index (χ0) is 16.7. The summed E-state index contributed by atoms with van der Waals surface area (Å²) in [6.07, 6.45) is 4.24. The van der Waals surface area contributed by atoms with Crippen molar-refractivity contribution in [1.82, 2.24) is 0 Å². The average Bonchev–Trinajstić information content (AvgIpc) is 2.55. The van der Waals surface area contributed by atoms with E-state index in [2.05, 4.69) is 12.2 Å². The Bertz CT molecular complexity index is 693. The number of rotatable bonds is 6. The number of carbonyl (C=O) groups excluding carboxylic acids is 1. The second-order valence-corrected chi connectivity index (χ2v) is 5.64. The molecule has 0 fully saturated rings. The summed E-state index contributed by atoms with van der Waals surface area (Å²) in [6.45, 7) is 4.69. The van der Waals surface area contributed by atoms with Gasteiger partial charge >= 0.3 is 0 Å². The van der Waals surface area contributed by atoms with Crippen LogP contribution >= 0.6 is 11.6 Å². The zero-order valence-corrected chi connectivity index (χ0v) is 14.1. The van der Waals surface area contributed by atoms with E-state index in [1.165, 1.54) is 6.08 Å². The summed E-state index contributed by atoms with van der Waals surface area (Å²) in [5.41, 5.74) is 2.62. The molecule has 0 saturated carbocycles. The molecule has 1 N–H and O–H groups in total. The number of ether oxygens (including phenoxy) is 1. The molecule has 0 bridgehead atoms. The maximum absolute atomic E-state index is 12.0. The van der Waals surface area contributed by atoms with Crippen molar-refractivity contribution < 1.29 is 9.53 Å². The van der Waals surface area contributed by atoms with Crippen LogP contribution in [0.1, 0.15) is 24.5 Å². The van der Waals surface area contributed by atoms with E-state index < -0.39 is 0 Å². The molecule has 1 amide bonds. The molecule has 0 unspecified atom stereocenters. The Labute approximate surface area is 141 Å². The second kappa shape index (κ2) is 8.39. The van der Waals surface area contributed by atoms with E-state index in [0.29, 0.717) is 11.6 Å². The predicted molar refractivity (Wildman–Crippen MR) is 96.1 cm³/mol. The van der Waals surface area contributed by atoms with Gasteiger partial charge in [0.2, 0.25) is 5.91 Å². The summed E-state index contributed by atoms with van der Waals surface area (Å²) in [7, 11) is 0. The maximum atomic E-state index is 12.0. The fraction of sp³-hybridized carbons (Fsp3) is 0.211. The Morgan fingerprint density at radius 1 is 1.22 bits per heavy atom. The van der Waals surface area contributed by atoms with Crippen LogP contribution < -0.4 is 10.1 Å². The van der Waals surface area contributed by atoms with Crippen LogP contribution in [0.2, 0.25) is 5.02 Å². The summed E-state index contributed by atoms with van der Waals surface area (Å²) < 4.78 is 5.52. The third-order valence-electron chi connectivity index (χ3n) is 3.24. The average molecular weight is 330 g/mol. The van der Waals surface area contributed by atoms with Crippen LogP contribution in [0.4, 0.5) is 5.69 Å². The Kier molecular flexibility index (Phi) is 6.24. The predicted octanol–water partition coefficient (Wildman–Crippen LogP) is 5.09. The summed E-state index contributed by atoms with van der Waals surface area (Å²) in [4.78, 5) is 12.0. The minimum absolute atomic E-state index is 0.193. The third kappa shape index (κ3) is 5.46. The number of hydrogen-bond donors (Lipinski definition) is 1. The Balaban J connectivity index is 1.96. The van der Waals surface area contributed by atoms with Gasteiger partial charge in [0.1, 0.15) is 5.75 Å². The molecule has 0 spiro atoms. The fourth-order valence-electron chi connectivity index (χ4n) is 1.97. The third-order valence-corrected chi connectivity index (χ3v) is 3.47. The summed E-state index contributed by atoms with van der Waals surface area (Å²) in [5, 5.41) is 3.42. The van der Waals surface area contributed by atoms with Gasteiger partial charge in [0.05, 0.1) is 6.61 Å². The molecule has 0 aliphatic carbocycles. The molecule has 23 heavy (non-hydrogen) atoms. The highest BCUT2D eigenvalue weighted by Gasteiger charge is 2.02. The number of halogens is 1. The highest BCUT2D eigenvalue weighted by atomic mass is 35.5. The lowest BCUT2D eigenvalue weighted by atomic mass is 10.2. The Morgan fingerprint density at radius 2 is 1.96 bits per heavy atom. The van der Waals surface area contributed by atoms with Crippen molar-refractivity contribution in [1.29, 1.82) is 0 Å². The van der Waals surface area contributed by atoms with E-state index in [1.54, 1.807) is 18.2 Å². The van der Waals surface area contributed by atoms with Crippen LogP contribution in [0.3, 0.4) is 0 Å². The van der Waals surface area contributed by atoms with Crippen molar-refractivity contribution in [2.75, 3.05) is 11.9 Å². The molecule has 2 aromatic rings. The van der Waals surface area contributed by atoms with E-state index in [1.807, 2.05) is 37.3 Å². The van der Waals surface area contributed by atoms with Crippen LogP contribution in [-0.4, -0.2) is 12.5 Å². The Hall–Kier alpha value is -2.26. The van der Waals surface area contributed by atoms with Gasteiger partial charge in [0.15, 0.2) is 0 Å². The first-order valence-electron chi connectivity index (χ1n) is 7.56. The highest BCUT2D eigenvalue weighted by molar-refractivity contribution is 6.31. The molecule has 0 atom stereocenters. The van der Waals surface area contributed by atoms with Gasteiger partial charge in [-0.15, -0.1) is 0 Å². The molecule has 0 aliphatic heterocycles. The van der Waals surface area contributed by atoms with E-state index in [9.17, 15) is 4.79 Å². The molecule has 2 rings (SSSR count). The smallest absolute Gasteiger partial charge is 0.248 e. The van der Waals surface area contributed by atoms with Gasteiger partial charge in [-0.2, -0.15) is 0 Å². The van der Waals surface area contributed by atoms with E-state index >= 15 is 0 Å². The molecular weight excluding hydrogens is 310 g/mol. The molecule has 0 aromatic heterocycles. The topological polar surface area (TPSA) is 38.3 Å². The quantitative estimate of drug-likeness (QED) is 0.750. The molecule has 3 nitrogen and oxygen atoms in total. The molecule has 0 heterocycles. The molecular formula is C19H20ClNO2. The van der Waals surface area contributed by atoms with Crippen LogP contribution in [0.15, 0.2) is 48.5 Å². The SMILES string of the molecule is CCCOc1ccc(C=CC(=O)Nc2cc(Cl)ccc2C)cc1. The van der Waals surface area contributed by atoms with Crippen LogP contribution in [0.25, 0.3) is 6.08 Å². The monoisotopic (exact) mass is 329 g/mol. The van der Waals surface area contributed by atoms with E-state index in [4.69, 9.17) is 16.3 Å². The lowest BCUT2D eigenvalue weighted by molar-refractivity contribution is -0.111. The van der Waals surface area contributed by atoms with Gasteiger partial charge < -0.3 is 10.1 Å². The summed E-state index contributed by atoms with van der Waals surface area (Å²) >= 11 is 5.94. The van der Waals surface area contributed by atoms with Gasteiger partial charge in [0, 0.05) is 16.8 Å². The zero-order valence-electron chi connectivity index (χ0n) is 13.3. The highest BCUT2D eigenvalue weighted by Crippen LogP contribution is 2.20. The number of amides is 1.